The molecule has 11 heteroatoms. The number of carbonyl (C=O) groups is 1. The van der Waals surface area contributed by atoms with Crippen molar-refractivity contribution < 1.29 is 14.6 Å². The number of nitrogens with zero attached hydrogens (tertiary/aromatic N) is 8. The fourth-order valence-electron chi connectivity index (χ4n) is 3.23. The molecule has 0 aromatic carbocycles. The smallest absolute Gasteiger partial charge is 0.290 e. The number of aromatic nitrogens is 7. The zero-order valence-corrected chi connectivity index (χ0v) is 16.6. The number of rotatable bonds is 4. The molecule has 0 spiro atoms. The van der Waals surface area contributed by atoms with Gasteiger partial charge in [-0.2, -0.15) is 5.10 Å². The lowest BCUT2D eigenvalue weighted by Crippen LogP contribution is -2.39. The van der Waals surface area contributed by atoms with Gasteiger partial charge in [0.25, 0.3) is 6.47 Å². The summed E-state index contributed by atoms with van der Waals surface area (Å²) in [4.78, 5) is 15.2. The molecule has 1 aliphatic heterocycles. The van der Waals surface area contributed by atoms with Crippen LogP contribution >= 0.6 is 0 Å². The zero-order chi connectivity index (χ0) is 20.8. The standard InChI is InChI=1S/C17H22N8O.CH2O2/c1-12-8-13(2)25(20-12)10-14-4-5-16(18-9-14)24-6-7-26-15(11-24)17-19-21-22-23(17)3;2-1-3/h4-5,8-9,15H,6-7,10-11H2,1-3H3;1H,(H,2,3). The van der Waals surface area contributed by atoms with Crippen molar-refractivity contribution in [2.45, 2.75) is 26.5 Å². The second-order valence-electron chi connectivity index (χ2n) is 6.68. The highest BCUT2D eigenvalue weighted by molar-refractivity contribution is 5.40. The van der Waals surface area contributed by atoms with E-state index >= 15 is 0 Å². The van der Waals surface area contributed by atoms with E-state index in [4.69, 9.17) is 14.6 Å². The first kappa shape index (κ1) is 20.4. The van der Waals surface area contributed by atoms with Crippen molar-refractivity contribution in [1.29, 1.82) is 0 Å². The minimum Gasteiger partial charge on any atom is -0.483 e. The van der Waals surface area contributed by atoms with E-state index in [9.17, 15) is 0 Å². The van der Waals surface area contributed by atoms with Crippen molar-refractivity contribution in [3.05, 3.63) is 47.2 Å². The number of anilines is 1. The largest absolute Gasteiger partial charge is 0.483 e. The van der Waals surface area contributed by atoms with Crippen LogP contribution in [0.2, 0.25) is 0 Å². The Bertz CT molecular complexity index is 937. The molecule has 1 fully saturated rings. The third-order valence-corrected chi connectivity index (χ3v) is 4.58. The average Bonchev–Trinajstić information content (AvgIpc) is 3.28. The van der Waals surface area contributed by atoms with E-state index in [-0.39, 0.29) is 12.6 Å². The molecule has 1 unspecified atom stereocenters. The molecule has 1 atom stereocenters. The number of hydrogen-bond donors (Lipinski definition) is 1. The van der Waals surface area contributed by atoms with Crippen LogP contribution in [0.5, 0.6) is 0 Å². The SMILES string of the molecule is Cc1cc(C)n(Cc2ccc(N3CCOC(c4nnnn4C)C3)nc2)n1.O=CO. The normalized spacial score (nSPS) is 16.2. The molecule has 0 radical (unpaired) electrons. The van der Waals surface area contributed by atoms with E-state index in [1.165, 1.54) is 0 Å². The molecule has 1 saturated heterocycles. The average molecular weight is 400 g/mol. The summed E-state index contributed by atoms with van der Waals surface area (Å²) in [6.45, 7) is 6.64. The molecular formula is C18H24N8O3. The fraction of sp³-hybridized carbons (Fsp3) is 0.444. The minimum absolute atomic E-state index is 0.153. The molecule has 0 amide bonds. The number of ether oxygens (including phenoxy) is 1. The van der Waals surface area contributed by atoms with Crippen LogP contribution in [0.1, 0.15) is 28.9 Å². The van der Waals surface area contributed by atoms with Gasteiger partial charge in [-0.25, -0.2) is 9.67 Å². The van der Waals surface area contributed by atoms with Gasteiger partial charge in [0.1, 0.15) is 11.9 Å². The number of pyridine rings is 1. The van der Waals surface area contributed by atoms with Crippen LogP contribution in [-0.2, 0) is 23.1 Å². The monoisotopic (exact) mass is 400 g/mol. The third-order valence-electron chi connectivity index (χ3n) is 4.58. The summed E-state index contributed by atoms with van der Waals surface area (Å²) in [5.41, 5.74) is 3.31. The Morgan fingerprint density at radius 3 is 2.72 bits per heavy atom. The molecule has 1 aliphatic rings. The second kappa shape index (κ2) is 9.24. The van der Waals surface area contributed by atoms with E-state index in [1.807, 2.05) is 24.9 Å². The second-order valence-corrected chi connectivity index (χ2v) is 6.68. The van der Waals surface area contributed by atoms with Gasteiger partial charge in [-0.1, -0.05) is 6.07 Å². The predicted molar refractivity (Wildman–Crippen MR) is 103 cm³/mol. The highest BCUT2D eigenvalue weighted by atomic mass is 16.5. The van der Waals surface area contributed by atoms with Crippen molar-refractivity contribution in [2.24, 2.45) is 7.05 Å². The van der Waals surface area contributed by atoms with Gasteiger partial charge in [0, 0.05) is 25.5 Å². The number of aryl methyl sites for hydroxylation is 3. The summed E-state index contributed by atoms with van der Waals surface area (Å²) in [5.74, 6) is 1.67. The number of morpholine rings is 1. The number of hydrogen-bond acceptors (Lipinski definition) is 8. The molecule has 11 nitrogen and oxygen atoms in total. The van der Waals surface area contributed by atoms with Crippen LogP contribution < -0.4 is 4.90 Å². The van der Waals surface area contributed by atoms with Crippen LogP contribution in [0.25, 0.3) is 0 Å². The molecule has 0 saturated carbocycles. The Morgan fingerprint density at radius 2 is 2.14 bits per heavy atom. The Balaban J connectivity index is 0.000000755. The van der Waals surface area contributed by atoms with Crippen LogP contribution in [0.3, 0.4) is 0 Å². The molecular weight excluding hydrogens is 376 g/mol. The molecule has 3 aromatic rings. The van der Waals surface area contributed by atoms with E-state index in [2.05, 4.69) is 55.6 Å². The lowest BCUT2D eigenvalue weighted by Gasteiger charge is -2.32. The van der Waals surface area contributed by atoms with Crippen molar-refractivity contribution >= 4 is 12.3 Å². The highest BCUT2D eigenvalue weighted by Crippen LogP contribution is 2.23. The maximum atomic E-state index is 8.36. The minimum atomic E-state index is -0.250. The molecule has 3 aromatic heterocycles. The van der Waals surface area contributed by atoms with Crippen molar-refractivity contribution in [3.8, 4) is 0 Å². The van der Waals surface area contributed by atoms with Crippen molar-refractivity contribution in [3.63, 3.8) is 0 Å². The number of tetrazole rings is 1. The van der Waals surface area contributed by atoms with Gasteiger partial charge in [0.15, 0.2) is 5.82 Å². The topological polar surface area (TPSA) is 124 Å². The molecule has 4 rings (SSSR count). The van der Waals surface area contributed by atoms with Crippen LogP contribution in [-0.4, -0.2) is 66.2 Å². The summed E-state index contributed by atoms with van der Waals surface area (Å²) in [7, 11) is 1.82. The fourth-order valence-corrected chi connectivity index (χ4v) is 3.23. The zero-order valence-electron chi connectivity index (χ0n) is 16.6. The van der Waals surface area contributed by atoms with E-state index in [1.54, 1.807) is 4.68 Å². The first-order valence-corrected chi connectivity index (χ1v) is 9.14. The maximum absolute atomic E-state index is 8.36. The molecule has 1 N–H and O–H groups in total. The molecule has 0 aliphatic carbocycles. The maximum Gasteiger partial charge on any atom is 0.290 e. The lowest BCUT2D eigenvalue weighted by molar-refractivity contribution is -0.122. The summed E-state index contributed by atoms with van der Waals surface area (Å²) in [6.07, 6.45) is 1.76. The van der Waals surface area contributed by atoms with Gasteiger partial charge in [-0.05, 0) is 42.0 Å². The third kappa shape index (κ3) is 4.93. The first-order valence-electron chi connectivity index (χ1n) is 9.14. The van der Waals surface area contributed by atoms with Gasteiger partial charge in [-0.3, -0.25) is 9.48 Å². The van der Waals surface area contributed by atoms with Crippen molar-refractivity contribution in [1.82, 2.24) is 35.0 Å². The molecule has 154 valence electrons. The van der Waals surface area contributed by atoms with Gasteiger partial charge < -0.3 is 14.7 Å². The molecule has 0 bridgehead atoms. The Kier molecular flexibility index (Phi) is 6.50. The Morgan fingerprint density at radius 1 is 1.34 bits per heavy atom. The van der Waals surface area contributed by atoms with Gasteiger partial charge in [-0.15, -0.1) is 5.10 Å². The highest BCUT2D eigenvalue weighted by Gasteiger charge is 2.26. The summed E-state index contributed by atoms with van der Waals surface area (Å²) in [6, 6.07) is 6.24. The van der Waals surface area contributed by atoms with Gasteiger partial charge in [0.05, 0.1) is 25.4 Å². The van der Waals surface area contributed by atoms with Crippen LogP contribution in [0.15, 0.2) is 24.4 Å². The van der Waals surface area contributed by atoms with E-state index < -0.39 is 0 Å². The van der Waals surface area contributed by atoms with Crippen LogP contribution in [0.4, 0.5) is 5.82 Å². The Hall–Kier alpha value is -3.34. The van der Waals surface area contributed by atoms with Crippen molar-refractivity contribution in [2.75, 3.05) is 24.6 Å². The van der Waals surface area contributed by atoms with Crippen LogP contribution in [0, 0.1) is 13.8 Å². The summed E-state index contributed by atoms with van der Waals surface area (Å²) in [5, 5.41) is 23.0. The summed E-state index contributed by atoms with van der Waals surface area (Å²) >= 11 is 0. The number of carboxylic acid groups (broad SMARTS) is 1. The van der Waals surface area contributed by atoms with Gasteiger partial charge in [0.2, 0.25) is 0 Å². The Labute approximate surface area is 167 Å². The predicted octanol–water partition coefficient (Wildman–Crippen LogP) is 0.745. The van der Waals surface area contributed by atoms with E-state index in [0.717, 1.165) is 41.7 Å². The van der Waals surface area contributed by atoms with Gasteiger partial charge >= 0.3 is 0 Å². The molecule has 29 heavy (non-hydrogen) atoms. The van der Waals surface area contributed by atoms with E-state index in [0.29, 0.717) is 13.2 Å². The summed E-state index contributed by atoms with van der Waals surface area (Å²) < 4.78 is 9.48. The first-order chi connectivity index (χ1) is 14.0. The molecule has 4 heterocycles. The lowest BCUT2D eigenvalue weighted by atomic mass is 10.2. The quantitative estimate of drug-likeness (QED) is 0.632.